The van der Waals surface area contributed by atoms with Crippen LogP contribution in [0.3, 0.4) is 0 Å². The van der Waals surface area contributed by atoms with Crippen LogP contribution in [0.1, 0.15) is 11.1 Å². The highest BCUT2D eigenvalue weighted by Gasteiger charge is 2.04. The summed E-state index contributed by atoms with van der Waals surface area (Å²) in [7, 11) is 0. The summed E-state index contributed by atoms with van der Waals surface area (Å²) in [6.07, 6.45) is 1.08. The maximum atomic E-state index is 11.3. The molecule has 1 aromatic carbocycles. The van der Waals surface area contributed by atoms with Crippen LogP contribution in [0.25, 0.3) is 0 Å². The van der Waals surface area contributed by atoms with Crippen molar-refractivity contribution in [1.29, 1.82) is 0 Å². The van der Waals surface area contributed by atoms with E-state index < -0.39 is 6.09 Å². The van der Waals surface area contributed by atoms with Crippen LogP contribution in [0, 0.1) is 13.8 Å². The van der Waals surface area contributed by atoms with Crippen molar-refractivity contribution in [3.63, 3.8) is 0 Å². The first-order valence-corrected chi connectivity index (χ1v) is 4.75. The molecule has 0 aromatic heterocycles. The molecule has 0 aliphatic rings. The third-order valence-electron chi connectivity index (χ3n) is 1.96. The summed E-state index contributed by atoms with van der Waals surface area (Å²) in [6.45, 7) is 7.59. The molecule has 15 heavy (non-hydrogen) atoms. The zero-order chi connectivity index (χ0) is 11.3. The summed E-state index contributed by atoms with van der Waals surface area (Å²) >= 11 is 0. The minimum Gasteiger partial charge on any atom is -0.445 e. The van der Waals surface area contributed by atoms with Crippen molar-refractivity contribution in [2.75, 3.05) is 11.9 Å². The second kappa shape index (κ2) is 5.20. The van der Waals surface area contributed by atoms with Crippen molar-refractivity contribution in [3.8, 4) is 0 Å². The van der Waals surface area contributed by atoms with Crippen LogP contribution < -0.4 is 5.32 Å². The molecule has 0 fully saturated rings. The molecule has 0 saturated heterocycles. The monoisotopic (exact) mass is 205 g/mol. The Bertz CT molecular complexity index is 372. The van der Waals surface area contributed by atoms with E-state index in [1.54, 1.807) is 0 Å². The third kappa shape index (κ3) is 3.46. The maximum absolute atomic E-state index is 11.3. The molecule has 1 N–H and O–H groups in total. The summed E-state index contributed by atoms with van der Waals surface area (Å²) in [6, 6.07) is 5.86. The molecule has 0 heterocycles. The number of anilines is 1. The lowest BCUT2D eigenvalue weighted by Gasteiger charge is -2.08. The van der Waals surface area contributed by atoms with Crippen LogP contribution in [0.2, 0.25) is 0 Å². The third-order valence-corrected chi connectivity index (χ3v) is 1.96. The number of benzene rings is 1. The fourth-order valence-corrected chi connectivity index (χ4v) is 1.15. The largest absolute Gasteiger partial charge is 0.445 e. The SMILES string of the molecule is C=CCOC(=O)Nc1cc(C)ccc1C. The number of hydrogen-bond donors (Lipinski definition) is 1. The van der Waals surface area contributed by atoms with Gasteiger partial charge in [0.1, 0.15) is 6.61 Å². The molecule has 1 amide bonds. The number of amides is 1. The lowest BCUT2D eigenvalue weighted by Crippen LogP contribution is -2.14. The van der Waals surface area contributed by atoms with Crippen molar-refractivity contribution < 1.29 is 9.53 Å². The predicted molar refractivity (Wildman–Crippen MR) is 61.1 cm³/mol. The van der Waals surface area contributed by atoms with Gasteiger partial charge in [0.05, 0.1) is 0 Å². The van der Waals surface area contributed by atoms with Crippen molar-refractivity contribution in [3.05, 3.63) is 42.0 Å². The molecule has 80 valence electrons. The average molecular weight is 205 g/mol. The molecule has 0 aliphatic heterocycles. The topological polar surface area (TPSA) is 38.3 Å². The van der Waals surface area contributed by atoms with E-state index >= 15 is 0 Å². The van der Waals surface area contributed by atoms with Gasteiger partial charge in [0.25, 0.3) is 0 Å². The van der Waals surface area contributed by atoms with Gasteiger partial charge in [-0.3, -0.25) is 5.32 Å². The molecule has 0 bridgehead atoms. The Morgan fingerprint density at radius 2 is 2.27 bits per heavy atom. The Balaban J connectivity index is 2.67. The number of nitrogens with one attached hydrogen (secondary N) is 1. The second-order valence-electron chi connectivity index (χ2n) is 3.33. The number of carbonyl (C=O) groups is 1. The molecule has 3 nitrogen and oxygen atoms in total. The molecule has 0 aliphatic carbocycles. The average Bonchev–Trinajstić information content (AvgIpc) is 2.20. The van der Waals surface area contributed by atoms with Gasteiger partial charge < -0.3 is 4.74 Å². The number of carbonyl (C=O) groups excluding carboxylic acids is 1. The summed E-state index contributed by atoms with van der Waals surface area (Å²) in [5.41, 5.74) is 2.89. The molecule has 1 rings (SSSR count). The van der Waals surface area contributed by atoms with Gasteiger partial charge in [0.15, 0.2) is 0 Å². The molecule has 3 heteroatoms. The number of ether oxygens (including phenoxy) is 1. The number of aryl methyl sites for hydroxylation is 2. The van der Waals surface area contributed by atoms with Crippen LogP contribution in [0.4, 0.5) is 10.5 Å². The highest BCUT2D eigenvalue weighted by molar-refractivity contribution is 5.85. The fourth-order valence-electron chi connectivity index (χ4n) is 1.15. The molecular formula is C12H15NO2. The Morgan fingerprint density at radius 1 is 1.53 bits per heavy atom. The lowest BCUT2D eigenvalue weighted by molar-refractivity contribution is 0.174. The smallest absolute Gasteiger partial charge is 0.411 e. The number of hydrogen-bond acceptors (Lipinski definition) is 2. The van der Waals surface area contributed by atoms with E-state index in [0.717, 1.165) is 16.8 Å². The molecule has 1 aromatic rings. The maximum Gasteiger partial charge on any atom is 0.411 e. The first-order valence-electron chi connectivity index (χ1n) is 4.75. The predicted octanol–water partition coefficient (Wildman–Crippen LogP) is 3.04. The van der Waals surface area contributed by atoms with Gasteiger partial charge >= 0.3 is 6.09 Å². The van der Waals surface area contributed by atoms with E-state index in [-0.39, 0.29) is 6.61 Å². The highest BCUT2D eigenvalue weighted by atomic mass is 16.5. The van der Waals surface area contributed by atoms with Crippen LogP contribution in [-0.2, 0) is 4.74 Å². The van der Waals surface area contributed by atoms with Gasteiger partial charge in [-0.2, -0.15) is 0 Å². The van der Waals surface area contributed by atoms with Crippen molar-refractivity contribution >= 4 is 11.8 Å². The molecule has 0 unspecified atom stereocenters. The van der Waals surface area contributed by atoms with E-state index in [1.807, 2.05) is 32.0 Å². The highest BCUT2D eigenvalue weighted by Crippen LogP contribution is 2.16. The van der Waals surface area contributed by atoms with Crippen molar-refractivity contribution in [2.45, 2.75) is 13.8 Å². The van der Waals surface area contributed by atoms with E-state index in [0.29, 0.717) is 0 Å². The van der Waals surface area contributed by atoms with Crippen LogP contribution >= 0.6 is 0 Å². The first kappa shape index (κ1) is 11.3. The Labute approximate surface area is 89.8 Å². The molecule has 0 radical (unpaired) electrons. The minimum atomic E-state index is -0.455. The summed E-state index contributed by atoms with van der Waals surface area (Å²) in [4.78, 5) is 11.3. The zero-order valence-corrected chi connectivity index (χ0v) is 9.04. The van der Waals surface area contributed by atoms with Crippen LogP contribution in [-0.4, -0.2) is 12.7 Å². The van der Waals surface area contributed by atoms with Gasteiger partial charge in [0.2, 0.25) is 0 Å². The van der Waals surface area contributed by atoms with Crippen LogP contribution in [0.5, 0.6) is 0 Å². The summed E-state index contributed by atoms with van der Waals surface area (Å²) in [5, 5.41) is 2.68. The lowest BCUT2D eigenvalue weighted by atomic mass is 10.1. The Hall–Kier alpha value is -1.77. The van der Waals surface area contributed by atoms with E-state index in [1.165, 1.54) is 6.08 Å². The summed E-state index contributed by atoms with van der Waals surface area (Å²) in [5.74, 6) is 0. The molecular weight excluding hydrogens is 190 g/mol. The molecule has 0 atom stereocenters. The number of rotatable bonds is 3. The quantitative estimate of drug-likeness (QED) is 0.770. The van der Waals surface area contributed by atoms with Gasteiger partial charge in [0, 0.05) is 5.69 Å². The van der Waals surface area contributed by atoms with E-state index in [2.05, 4.69) is 11.9 Å². The van der Waals surface area contributed by atoms with E-state index in [9.17, 15) is 4.79 Å². The van der Waals surface area contributed by atoms with Gasteiger partial charge in [-0.1, -0.05) is 24.8 Å². The summed E-state index contributed by atoms with van der Waals surface area (Å²) < 4.78 is 4.82. The van der Waals surface area contributed by atoms with Crippen molar-refractivity contribution in [2.24, 2.45) is 0 Å². The molecule has 0 spiro atoms. The zero-order valence-electron chi connectivity index (χ0n) is 9.04. The molecule has 0 saturated carbocycles. The van der Waals surface area contributed by atoms with Gasteiger partial charge in [-0.15, -0.1) is 0 Å². The second-order valence-corrected chi connectivity index (χ2v) is 3.33. The Kier molecular flexibility index (Phi) is 3.92. The van der Waals surface area contributed by atoms with Gasteiger partial charge in [-0.05, 0) is 31.0 Å². The minimum absolute atomic E-state index is 0.219. The normalized spacial score (nSPS) is 9.47. The fraction of sp³-hybridized carbons (Fsp3) is 0.250. The van der Waals surface area contributed by atoms with E-state index in [4.69, 9.17) is 4.74 Å². The standard InChI is InChI=1S/C12H15NO2/c1-4-7-15-12(14)13-11-8-9(2)5-6-10(11)3/h4-6,8H,1,7H2,2-3H3,(H,13,14). The van der Waals surface area contributed by atoms with Crippen molar-refractivity contribution in [1.82, 2.24) is 0 Å². The Morgan fingerprint density at radius 3 is 2.93 bits per heavy atom. The van der Waals surface area contributed by atoms with Gasteiger partial charge in [-0.25, -0.2) is 4.79 Å². The first-order chi connectivity index (χ1) is 7.13. The van der Waals surface area contributed by atoms with Crippen LogP contribution in [0.15, 0.2) is 30.9 Å².